The Morgan fingerprint density at radius 1 is 1.26 bits per heavy atom. The van der Waals surface area contributed by atoms with Gasteiger partial charge < -0.3 is 24.1 Å². The summed E-state index contributed by atoms with van der Waals surface area (Å²) >= 11 is 1.45. The van der Waals surface area contributed by atoms with E-state index in [2.05, 4.69) is 60.9 Å². The second kappa shape index (κ2) is 18.2. The maximum Gasteiger partial charge on any atom is 0.324 e. The SMILES string of the molecule is C=C/C(=C(\N=CC)[C@H](C)OC)c1c2c3cc(ccc3n1CC)C1CSC(=N1)[C@@H](OC[C@H](C)F)[C@H](NC(=O)C1[C@@H](C)[C@H]1C)C(=O)N1CCC[C@H](N1)C(=O)OCC(C)(C)C2. The van der Waals surface area contributed by atoms with E-state index in [0.717, 1.165) is 39.0 Å². The van der Waals surface area contributed by atoms with Crippen LogP contribution in [0, 0.1) is 23.2 Å². The average molecular weight is 821 g/mol. The molecule has 1 aromatic carbocycles. The third-order valence-electron chi connectivity index (χ3n) is 12.0. The Kier molecular flexibility index (Phi) is 13.7. The largest absolute Gasteiger partial charge is 0.464 e. The Bertz CT molecular complexity index is 1980. The fourth-order valence-electron chi connectivity index (χ4n) is 8.53. The van der Waals surface area contributed by atoms with Gasteiger partial charge in [0.1, 0.15) is 29.4 Å². The van der Waals surface area contributed by atoms with Gasteiger partial charge in [-0.3, -0.25) is 29.4 Å². The minimum absolute atomic E-state index is 0.123. The van der Waals surface area contributed by atoms with Crippen LogP contribution in [0.5, 0.6) is 0 Å². The van der Waals surface area contributed by atoms with Crippen molar-refractivity contribution in [2.45, 2.75) is 118 Å². The Morgan fingerprint density at radius 3 is 2.64 bits per heavy atom. The number of hydrazine groups is 1. The maximum atomic E-state index is 14.6. The molecule has 9 atom stereocenters. The summed E-state index contributed by atoms with van der Waals surface area (Å²) in [5, 5.41) is 5.95. The zero-order chi connectivity index (χ0) is 42.1. The quantitative estimate of drug-likeness (QED) is 0.147. The number of methoxy groups -OCH3 is 1. The van der Waals surface area contributed by atoms with Gasteiger partial charge in [-0.15, -0.1) is 11.8 Å². The predicted octanol–water partition coefficient (Wildman–Crippen LogP) is 6.62. The molecule has 2 fully saturated rings. The summed E-state index contributed by atoms with van der Waals surface area (Å²) in [4.78, 5) is 52.1. The summed E-state index contributed by atoms with van der Waals surface area (Å²) in [5.41, 5.74) is 8.24. The fourth-order valence-corrected chi connectivity index (χ4v) is 9.70. The monoisotopic (exact) mass is 820 g/mol. The van der Waals surface area contributed by atoms with Crippen LogP contribution in [-0.4, -0.2) is 102 Å². The highest BCUT2D eigenvalue weighted by Gasteiger charge is 2.50. The van der Waals surface area contributed by atoms with E-state index in [1.54, 1.807) is 13.3 Å². The maximum absolute atomic E-state index is 14.6. The molecule has 58 heavy (non-hydrogen) atoms. The van der Waals surface area contributed by atoms with Crippen LogP contribution in [0.25, 0.3) is 16.5 Å². The van der Waals surface area contributed by atoms with Crippen LogP contribution in [0.15, 0.2) is 46.5 Å². The van der Waals surface area contributed by atoms with Gasteiger partial charge in [0.2, 0.25) is 5.91 Å². The molecule has 12 nitrogen and oxygen atoms in total. The van der Waals surface area contributed by atoms with Crippen molar-refractivity contribution >= 4 is 57.3 Å². The van der Waals surface area contributed by atoms with E-state index in [-0.39, 0.29) is 49.0 Å². The van der Waals surface area contributed by atoms with Gasteiger partial charge >= 0.3 is 5.97 Å². The van der Waals surface area contributed by atoms with Gasteiger partial charge in [0.15, 0.2) is 0 Å². The number of nitrogens with zero attached hydrogens (tertiary/aromatic N) is 4. The number of benzene rings is 1. The minimum atomic E-state index is -1.33. The third kappa shape index (κ3) is 9.00. The number of ether oxygens (including phenoxy) is 3. The number of hydrogen-bond donors (Lipinski definition) is 2. The summed E-state index contributed by atoms with van der Waals surface area (Å²) in [6, 6.07) is 4.08. The number of aliphatic imine (C=N–C) groups is 2. The highest BCUT2D eigenvalue weighted by molar-refractivity contribution is 8.14. The molecule has 0 radical (unpaired) electrons. The molecule has 1 saturated carbocycles. The van der Waals surface area contributed by atoms with Gasteiger partial charge in [-0.25, -0.2) is 9.82 Å². The van der Waals surface area contributed by atoms with Crippen LogP contribution in [0.4, 0.5) is 4.39 Å². The first-order valence-electron chi connectivity index (χ1n) is 20.7. The molecule has 1 aliphatic carbocycles. The number of amides is 2. The smallest absolute Gasteiger partial charge is 0.324 e. The number of hydrogen-bond acceptors (Lipinski definition) is 10. The van der Waals surface area contributed by atoms with E-state index in [4.69, 9.17) is 24.2 Å². The van der Waals surface area contributed by atoms with Crippen molar-refractivity contribution in [3.8, 4) is 0 Å². The summed E-state index contributed by atoms with van der Waals surface area (Å²) in [7, 11) is 1.66. The number of aryl methyl sites for hydroxylation is 1. The molecule has 2 unspecified atom stereocenters. The number of aromatic nitrogens is 1. The Morgan fingerprint density at radius 2 is 2.00 bits per heavy atom. The van der Waals surface area contributed by atoms with Crippen LogP contribution >= 0.6 is 11.8 Å². The second-order valence-electron chi connectivity index (χ2n) is 16.9. The van der Waals surface area contributed by atoms with Gasteiger partial charge in [-0.1, -0.05) is 46.4 Å². The van der Waals surface area contributed by atoms with Gasteiger partial charge in [0.05, 0.1) is 36.8 Å². The molecule has 6 rings (SSSR count). The molecular weight excluding hydrogens is 760 g/mol. The Labute approximate surface area is 346 Å². The topological polar surface area (TPSA) is 136 Å². The lowest BCUT2D eigenvalue weighted by atomic mass is 9.84. The zero-order valence-corrected chi connectivity index (χ0v) is 36.3. The van der Waals surface area contributed by atoms with E-state index in [1.807, 2.05) is 33.8 Å². The summed E-state index contributed by atoms with van der Waals surface area (Å²) in [6.45, 7) is 20.6. The van der Waals surface area contributed by atoms with E-state index in [0.29, 0.717) is 43.1 Å². The number of cyclic esters (lactones) is 1. The summed E-state index contributed by atoms with van der Waals surface area (Å²) in [6.07, 6.45) is 2.45. The number of allylic oxidation sites excluding steroid dienone is 2. The number of halogens is 1. The highest BCUT2D eigenvalue weighted by atomic mass is 32.2. The van der Waals surface area contributed by atoms with Crippen molar-refractivity contribution in [3.05, 3.63) is 53.4 Å². The second-order valence-corrected chi connectivity index (χ2v) is 18.0. The molecule has 316 valence electrons. The first-order valence-corrected chi connectivity index (χ1v) is 21.7. The molecule has 4 heterocycles. The van der Waals surface area contributed by atoms with Crippen LogP contribution in [0.1, 0.15) is 91.1 Å². The van der Waals surface area contributed by atoms with Crippen LogP contribution in [0.2, 0.25) is 0 Å². The molecule has 2 aromatic rings. The van der Waals surface area contributed by atoms with Gasteiger partial charge in [0, 0.05) is 60.0 Å². The Balaban J connectivity index is 1.54. The molecule has 1 aromatic heterocycles. The number of nitrogens with one attached hydrogen (secondary N) is 2. The van der Waals surface area contributed by atoms with Crippen molar-refractivity contribution in [2.24, 2.45) is 33.2 Å². The van der Waals surface area contributed by atoms with Crippen molar-refractivity contribution in [1.82, 2.24) is 20.3 Å². The zero-order valence-electron chi connectivity index (χ0n) is 35.5. The molecule has 4 aliphatic rings. The van der Waals surface area contributed by atoms with E-state index in [9.17, 15) is 18.8 Å². The normalized spacial score (nSPS) is 29.0. The number of alkyl halides is 1. The van der Waals surface area contributed by atoms with Crippen molar-refractivity contribution in [1.29, 1.82) is 0 Å². The summed E-state index contributed by atoms with van der Waals surface area (Å²) < 4.78 is 34.9. The molecule has 3 aliphatic heterocycles. The standard InChI is InChI=1S/C44H61FN6O6S/c1-11-29(36(46-12-2)27(7)55-10)38-31-20-44(8,9)23-57-43(54)32-15-14-18-51(49-32)42(53)37(48-40(52)35-25(5)26(35)6)39(56-21-24(4)45)41-47-33(22-58-41)28-16-17-34(30(31)19-28)50(38)13-3/h11-12,16-17,19,24-27,32-33,35,37,39,49H,1,13-15,18,20-23H2,2-10H3,(H,48,52)/b36-29+,46-12?/t24-,25-,26+,27-,32-,33?,35?,37-,39-/m0/s1. The molecule has 2 amide bonds. The molecule has 1 saturated heterocycles. The van der Waals surface area contributed by atoms with Gasteiger partial charge in [0.25, 0.3) is 5.91 Å². The molecule has 6 bridgehead atoms. The minimum Gasteiger partial charge on any atom is -0.464 e. The molecule has 14 heteroatoms. The first kappa shape index (κ1) is 43.7. The molecular formula is C44H61FN6O6S. The lowest BCUT2D eigenvalue weighted by Crippen LogP contribution is -2.63. The van der Waals surface area contributed by atoms with E-state index >= 15 is 0 Å². The third-order valence-corrected chi connectivity index (χ3v) is 13.2. The van der Waals surface area contributed by atoms with Crippen molar-refractivity contribution in [3.63, 3.8) is 0 Å². The highest BCUT2D eigenvalue weighted by Crippen LogP contribution is 2.46. The van der Waals surface area contributed by atoms with E-state index in [1.165, 1.54) is 23.7 Å². The number of rotatable bonds is 11. The first-order chi connectivity index (χ1) is 27.6. The fraction of sp³-hybridized carbons (Fsp3) is 0.614. The van der Waals surface area contributed by atoms with Crippen LogP contribution in [0.3, 0.4) is 0 Å². The lowest BCUT2D eigenvalue weighted by molar-refractivity contribution is -0.156. The lowest BCUT2D eigenvalue weighted by Gasteiger charge is -2.37. The van der Waals surface area contributed by atoms with Crippen molar-refractivity contribution < 1.29 is 33.0 Å². The van der Waals surface area contributed by atoms with Crippen LogP contribution in [-0.2, 0) is 41.6 Å². The number of carbonyl (C=O) groups excluding carboxylic acids is 3. The Hall–Kier alpha value is -3.85. The molecule has 2 N–H and O–H groups in total. The van der Waals surface area contributed by atoms with Gasteiger partial charge in [-0.2, -0.15) is 0 Å². The summed E-state index contributed by atoms with van der Waals surface area (Å²) in [5.74, 6) is -0.575. The van der Waals surface area contributed by atoms with E-state index < -0.39 is 41.7 Å². The van der Waals surface area contributed by atoms with Crippen LogP contribution < -0.4 is 10.7 Å². The number of thioether (sulfide) groups is 1. The predicted molar refractivity (Wildman–Crippen MR) is 228 cm³/mol. The number of fused-ring (bicyclic) bond motifs is 5. The molecule has 0 spiro atoms. The van der Waals surface area contributed by atoms with Crippen molar-refractivity contribution in [2.75, 3.05) is 32.6 Å². The average Bonchev–Trinajstić information content (AvgIpc) is 3.48. The number of esters is 1. The van der Waals surface area contributed by atoms with Gasteiger partial charge in [-0.05, 0) is 82.1 Å². The number of carbonyl (C=O) groups is 3.